The third-order valence-electron chi connectivity index (χ3n) is 6.46. The van der Waals surface area contributed by atoms with Crippen molar-refractivity contribution in [2.24, 2.45) is 0 Å². The Balaban J connectivity index is 1.35. The van der Waals surface area contributed by atoms with E-state index < -0.39 is 15.9 Å². The Morgan fingerprint density at radius 1 is 1.03 bits per heavy atom. The summed E-state index contributed by atoms with van der Waals surface area (Å²) in [5.41, 5.74) is 2.64. The van der Waals surface area contributed by atoms with Gasteiger partial charge in [-0.3, -0.25) is 4.79 Å². The Labute approximate surface area is 191 Å². The smallest absolute Gasteiger partial charge is 0.255 e. The summed E-state index contributed by atoms with van der Waals surface area (Å²) in [5, 5.41) is 0. The maximum Gasteiger partial charge on any atom is 0.255 e. The molecule has 7 heteroatoms. The maximum atomic E-state index is 12.7. The number of hydrogen-bond acceptors (Lipinski definition) is 5. The van der Waals surface area contributed by atoms with Crippen LogP contribution in [0.4, 0.5) is 5.69 Å². The van der Waals surface area contributed by atoms with Gasteiger partial charge in [0.05, 0.1) is 17.9 Å². The second kappa shape index (κ2) is 9.33. The zero-order valence-corrected chi connectivity index (χ0v) is 19.7. The summed E-state index contributed by atoms with van der Waals surface area (Å²) >= 11 is 0. The van der Waals surface area contributed by atoms with Crippen LogP contribution in [0.2, 0.25) is 0 Å². The molecule has 2 saturated heterocycles. The van der Waals surface area contributed by atoms with Crippen LogP contribution in [0.3, 0.4) is 0 Å². The molecule has 2 aliphatic heterocycles. The highest BCUT2D eigenvalue weighted by molar-refractivity contribution is 7.89. The minimum Gasteiger partial charge on any atom is -0.360 e. The molecule has 172 valence electrons. The molecule has 0 bridgehead atoms. The molecule has 4 rings (SSSR count). The fourth-order valence-electron chi connectivity index (χ4n) is 4.80. The molecule has 2 heterocycles. The molecule has 0 saturated carbocycles. The zero-order chi connectivity index (χ0) is 22.8. The lowest BCUT2D eigenvalue weighted by molar-refractivity contribution is -0.161. The number of rotatable bonds is 6. The number of ether oxygens (including phenoxy) is 1. The van der Waals surface area contributed by atoms with Gasteiger partial charge in [-0.1, -0.05) is 42.5 Å². The van der Waals surface area contributed by atoms with E-state index in [0.29, 0.717) is 6.54 Å². The first-order valence-corrected chi connectivity index (χ1v) is 13.3. The molecule has 32 heavy (non-hydrogen) atoms. The Morgan fingerprint density at radius 3 is 2.41 bits per heavy atom. The number of benzene rings is 2. The van der Waals surface area contributed by atoms with Crippen molar-refractivity contribution in [1.82, 2.24) is 4.90 Å². The van der Waals surface area contributed by atoms with Crippen LogP contribution in [0.15, 0.2) is 54.6 Å². The van der Waals surface area contributed by atoms with Crippen molar-refractivity contribution < 1.29 is 17.9 Å². The highest BCUT2D eigenvalue weighted by Crippen LogP contribution is 2.35. The van der Waals surface area contributed by atoms with Crippen LogP contribution in [0.25, 0.3) is 0 Å². The Morgan fingerprint density at radius 2 is 1.72 bits per heavy atom. The van der Waals surface area contributed by atoms with Gasteiger partial charge in [-0.05, 0) is 49.4 Å². The largest absolute Gasteiger partial charge is 0.360 e. The number of piperidine rings is 1. The van der Waals surface area contributed by atoms with Gasteiger partial charge in [0.25, 0.3) is 5.91 Å². The number of nitrogens with zero attached hydrogens (tertiary/aromatic N) is 2. The van der Waals surface area contributed by atoms with Crippen molar-refractivity contribution in [3.05, 3.63) is 65.7 Å². The van der Waals surface area contributed by atoms with Gasteiger partial charge in [-0.15, -0.1) is 0 Å². The molecule has 2 aromatic carbocycles. The second-order valence-corrected chi connectivity index (χ2v) is 11.3. The molecule has 0 aromatic heterocycles. The number of carbonyl (C=O) groups excluding carboxylic acids is 1. The van der Waals surface area contributed by atoms with Gasteiger partial charge in [0.15, 0.2) is 9.84 Å². The SMILES string of the molecule is CC1OC2(CCN(CCc3cccc(CS(C)(=O)=O)c3)CC2)CN(c2ccccc2)C1=O. The highest BCUT2D eigenvalue weighted by atomic mass is 32.2. The predicted molar refractivity (Wildman–Crippen MR) is 126 cm³/mol. The van der Waals surface area contributed by atoms with E-state index in [2.05, 4.69) is 11.0 Å². The molecule has 1 atom stereocenters. The van der Waals surface area contributed by atoms with Crippen LogP contribution in [0.5, 0.6) is 0 Å². The van der Waals surface area contributed by atoms with E-state index in [4.69, 9.17) is 4.74 Å². The Bertz CT molecular complexity index is 1050. The molecule has 0 radical (unpaired) electrons. The number of morpholine rings is 1. The van der Waals surface area contributed by atoms with Crippen molar-refractivity contribution in [2.75, 3.05) is 37.3 Å². The van der Waals surface area contributed by atoms with Gasteiger partial charge >= 0.3 is 0 Å². The summed E-state index contributed by atoms with van der Waals surface area (Å²) in [7, 11) is -3.03. The molecule has 2 aliphatic rings. The normalized spacial score (nSPS) is 21.8. The van der Waals surface area contributed by atoms with Crippen LogP contribution in [0, 0.1) is 0 Å². The molecule has 0 aliphatic carbocycles. The summed E-state index contributed by atoms with van der Waals surface area (Å²) < 4.78 is 29.4. The first-order chi connectivity index (χ1) is 15.2. The van der Waals surface area contributed by atoms with Crippen LogP contribution >= 0.6 is 0 Å². The number of para-hydroxylation sites is 1. The van der Waals surface area contributed by atoms with Gasteiger partial charge < -0.3 is 14.5 Å². The molecule has 0 N–H and O–H groups in total. The lowest BCUT2D eigenvalue weighted by Crippen LogP contribution is -2.61. The number of anilines is 1. The van der Waals surface area contributed by atoms with Crippen LogP contribution < -0.4 is 4.90 Å². The zero-order valence-electron chi connectivity index (χ0n) is 18.9. The lowest BCUT2D eigenvalue weighted by atomic mass is 9.88. The van der Waals surface area contributed by atoms with Gasteiger partial charge in [0.1, 0.15) is 6.10 Å². The minimum absolute atomic E-state index is 0.0261. The van der Waals surface area contributed by atoms with E-state index in [9.17, 15) is 13.2 Å². The highest BCUT2D eigenvalue weighted by Gasteiger charge is 2.45. The molecule has 2 fully saturated rings. The first kappa shape index (κ1) is 23.0. The van der Waals surface area contributed by atoms with Crippen molar-refractivity contribution in [3.8, 4) is 0 Å². The molecule has 1 amide bonds. The van der Waals surface area contributed by atoms with Crippen LogP contribution in [0.1, 0.15) is 30.9 Å². The molecule has 6 nitrogen and oxygen atoms in total. The number of hydrogen-bond donors (Lipinski definition) is 0. The third-order valence-corrected chi connectivity index (χ3v) is 7.32. The van der Waals surface area contributed by atoms with E-state index in [1.807, 2.05) is 60.4 Å². The molecule has 1 unspecified atom stereocenters. The predicted octanol–water partition coefficient (Wildman–Crippen LogP) is 3.06. The molecular weight excluding hydrogens is 424 g/mol. The first-order valence-electron chi connectivity index (χ1n) is 11.3. The number of carbonyl (C=O) groups is 1. The van der Waals surface area contributed by atoms with Crippen molar-refractivity contribution >= 4 is 21.4 Å². The van der Waals surface area contributed by atoms with Crippen molar-refractivity contribution in [1.29, 1.82) is 0 Å². The van der Waals surface area contributed by atoms with Gasteiger partial charge in [-0.25, -0.2) is 8.42 Å². The van der Waals surface area contributed by atoms with E-state index in [0.717, 1.165) is 55.7 Å². The average molecular weight is 457 g/mol. The average Bonchev–Trinajstić information content (AvgIpc) is 2.76. The summed E-state index contributed by atoms with van der Waals surface area (Å²) in [6.07, 6.45) is 3.50. The van der Waals surface area contributed by atoms with Gasteiger partial charge in [0.2, 0.25) is 0 Å². The van der Waals surface area contributed by atoms with E-state index in [1.165, 1.54) is 6.26 Å². The van der Waals surface area contributed by atoms with Gasteiger partial charge in [-0.2, -0.15) is 0 Å². The molecular formula is C25H32N2O4S. The van der Waals surface area contributed by atoms with Crippen LogP contribution in [-0.4, -0.2) is 63.4 Å². The lowest BCUT2D eigenvalue weighted by Gasteiger charge is -2.49. The fraction of sp³-hybridized carbons (Fsp3) is 0.480. The van der Waals surface area contributed by atoms with Crippen molar-refractivity contribution in [2.45, 2.75) is 43.6 Å². The standard InChI is InChI=1S/C25H32N2O4S/c1-20-24(28)27(23-9-4-3-5-10-23)19-25(31-20)12-15-26(16-13-25)14-11-21-7-6-8-22(17-21)18-32(2,29)30/h3-10,17,20H,11-16,18-19H2,1-2H3. The summed E-state index contributed by atoms with van der Waals surface area (Å²) in [6, 6.07) is 17.7. The summed E-state index contributed by atoms with van der Waals surface area (Å²) in [6.45, 7) is 5.23. The monoisotopic (exact) mass is 456 g/mol. The quantitative estimate of drug-likeness (QED) is 0.668. The maximum absolute atomic E-state index is 12.7. The Hall–Kier alpha value is -2.22. The minimum atomic E-state index is -3.03. The Kier molecular flexibility index (Phi) is 6.70. The summed E-state index contributed by atoms with van der Waals surface area (Å²) in [5.74, 6) is 0.109. The third kappa shape index (κ3) is 5.57. The summed E-state index contributed by atoms with van der Waals surface area (Å²) in [4.78, 5) is 17.1. The second-order valence-electron chi connectivity index (χ2n) is 9.18. The van der Waals surface area contributed by atoms with Gasteiger partial charge in [0, 0.05) is 31.6 Å². The number of sulfone groups is 1. The number of amides is 1. The topological polar surface area (TPSA) is 66.9 Å². The van der Waals surface area contributed by atoms with Crippen LogP contribution in [-0.2, 0) is 31.5 Å². The van der Waals surface area contributed by atoms with E-state index in [1.54, 1.807) is 0 Å². The van der Waals surface area contributed by atoms with E-state index >= 15 is 0 Å². The van der Waals surface area contributed by atoms with Crippen molar-refractivity contribution in [3.63, 3.8) is 0 Å². The van der Waals surface area contributed by atoms with E-state index in [-0.39, 0.29) is 17.3 Å². The number of likely N-dealkylation sites (tertiary alicyclic amines) is 1. The molecule has 1 spiro atoms. The molecule has 2 aromatic rings. The fourth-order valence-corrected chi connectivity index (χ4v) is 5.58.